The molecule has 0 aromatic heterocycles. The summed E-state index contributed by atoms with van der Waals surface area (Å²) >= 11 is 0. The van der Waals surface area contributed by atoms with Gasteiger partial charge in [-0.05, 0) is 37.6 Å². The first-order valence-electron chi connectivity index (χ1n) is 7.16. The van der Waals surface area contributed by atoms with Crippen molar-refractivity contribution < 1.29 is 9.18 Å². The molecular weight excluding hydrogens is 257 g/mol. The Morgan fingerprint density at radius 1 is 1.50 bits per heavy atom. The fraction of sp³-hybridized carbons (Fsp3) is 0.533. The number of piperazine rings is 1. The minimum Gasteiger partial charge on any atom is -0.358 e. The lowest BCUT2D eigenvalue weighted by atomic mass is 10.1. The molecule has 1 heterocycles. The second kappa shape index (κ2) is 6.70. The number of anilines is 1. The highest BCUT2D eigenvalue weighted by Gasteiger charge is 2.19. The molecule has 0 spiro atoms. The standard InChI is InChI=1S/C15H22FN3O/c1-3-6-17-11(2)12-4-5-14(13(16)9-12)19-8-7-18-15(20)10-19/h4-5,9,11,17H,3,6-8,10H2,1-2H3,(H,18,20). The maximum absolute atomic E-state index is 14.2. The molecule has 110 valence electrons. The highest BCUT2D eigenvalue weighted by atomic mass is 19.1. The Hall–Kier alpha value is -1.62. The van der Waals surface area contributed by atoms with E-state index in [2.05, 4.69) is 17.6 Å². The lowest BCUT2D eigenvalue weighted by Gasteiger charge is -2.29. The van der Waals surface area contributed by atoms with Crippen LogP contribution in [0.15, 0.2) is 18.2 Å². The number of halogens is 1. The van der Waals surface area contributed by atoms with Gasteiger partial charge < -0.3 is 15.5 Å². The van der Waals surface area contributed by atoms with Crippen LogP contribution in [0.2, 0.25) is 0 Å². The topological polar surface area (TPSA) is 44.4 Å². The van der Waals surface area contributed by atoms with E-state index in [0.717, 1.165) is 18.5 Å². The van der Waals surface area contributed by atoms with Crippen LogP contribution in [0.1, 0.15) is 31.9 Å². The van der Waals surface area contributed by atoms with E-state index in [1.807, 2.05) is 13.0 Å². The van der Waals surface area contributed by atoms with Crippen molar-refractivity contribution in [2.75, 3.05) is 31.1 Å². The Labute approximate surface area is 119 Å². The molecule has 0 radical (unpaired) electrons. The Kier molecular flexibility index (Phi) is 4.95. The van der Waals surface area contributed by atoms with E-state index in [4.69, 9.17) is 0 Å². The van der Waals surface area contributed by atoms with E-state index in [-0.39, 0.29) is 24.3 Å². The smallest absolute Gasteiger partial charge is 0.239 e. The number of nitrogens with zero attached hydrogens (tertiary/aromatic N) is 1. The van der Waals surface area contributed by atoms with E-state index >= 15 is 0 Å². The number of benzene rings is 1. The summed E-state index contributed by atoms with van der Waals surface area (Å²) in [5, 5.41) is 6.08. The summed E-state index contributed by atoms with van der Waals surface area (Å²) in [6.07, 6.45) is 1.05. The first kappa shape index (κ1) is 14.8. The Bertz CT molecular complexity index is 478. The van der Waals surface area contributed by atoms with Crippen LogP contribution in [-0.4, -0.2) is 32.1 Å². The van der Waals surface area contributed by atoms with Crippen LogP contribution < -0.4 is 15.5 Å². The molecule has 1 fully saturated rings. The van der Waals surface area contributed by atoms with Crippen LogP contribution in [0.4, 0.5) is 10.1 Å². The van der Waals surface area contributed by atoms with E-state index in [1.165, 1.54) is 0 Å². The Morgan fingerprint density at radius 3 is 2.95 bits per heavy atom. The zero-order valence-electron chi connectivity index (χ0n) is 12.1. The summed E-state index contributed by atoms with van der Waals surface area (Å²) in [7, 11) is 0. The third-order valence-corrected chi connectivity index (χ3v) is 3.55. The van der Waals surface area contributed by atoms with E-state index < -0.39 is 0 Å². The van der Waals surface area contributed by atoms with Crippen LogP contribution in [0.3, 0.4) is 0 Å². The van der Waals surface area contributed by atoms with Crippen LogP contribution in [0.5, 0.6) is 0 Å². The number of nitrogens with one attached hydrogen (secondary N) is 2. The largest absolute Gasteiger partial charge is 0.358 e. The van der Waals surface area contributed by atoms with E-state index in [1.54, 1.807) is 17.0 Å². The van der Waals surface area contributed by atoms with E-state index in [0.29, 0.717) is 18.8 Å². The molecule has 1 atom stereocenters. The SMILES string of the molecule is CCCNC(C)c1ccc(N2CCNC(=O)C2)c(F)c1. The second-order valence-corrected chi connectivity index (χ2v) is 5.16. The molecule has 0 saturated carbocycles. The van der Waals surface area contributed by atoms with Crippen molar-refractivity contribution in [2.24, 2.45) is 0 Å². The first-order chi connectivity index (χ1) is 9.61. The number of carbonyl (C=O) groups is 1. The van der Waals surface area contributed by atoms with Gasteiger partial charge in [0.05, 0.1) is 12.2 Å². The fourth-order valence-electron chi connectivity index (χ4n) is 2.37. The minimum atomic E-state index is -0.262. The Morgan fingerprint density at radius 2 is 2.30 bits per heavy atom. The number of carbonyl (C=O) groups excluding carboxylic acids is 1. The predicted molar refractivity (Wildman–Crippen MR) is 78.3 cm³/mol. The molecule has 1 aliphatic rings. The van der Waals surface area contributed by atoms with Crippen LogP contribution in [0, 0.1) is 5.82 Å². The van der Waals surface area contributed by atoms with Crippen molar-refractivity contribution >= 4 is 11.6 Å². The number of hydrogen-bond donors (Lipinski definition) is 2. The summed E-state index contributed by atoms with van der Waals surface area (Å²) in [5.74, 6) is -0.319. The summed E-state index contributed by atoms with van der Waals surface area (Å²) in [5.41, 5.74) is 1.44. The molecule has 5 heteroatoms. The molecule has 1 unspecified atom stereocenters. The number of rotatable bonds is 5. The van der Waals surface area contributed by atoms with Crippen molar-refractivity contribution in [3.8, 4) is 0 Å². The average molecular weight is 279 g/mol. The van der Waals surface area contributed by atoms with Crippen molar-refractivity contribution in [2.45, 2.75) is 26.3 Å². The average Bonchev–Trinajstić information content (AvgIpc) is 2.44. The van der Waals surface area contributed by atoms with Crippen molar-refractivity contribution in [1.29, 1.82) is 0 Å². The van der Waals surface area contributed by atoms with Gasteiger partial charge in [0.25, 0.3) is 0 Å². The molecule has 0 bridgehead atoms. The molecule has 1 amide bonds. The summed E-state index contributed by atoms with van der Waals surface area (Å²) < 4.78 is 14.2. The summed E-state index contributed by atoms with van der Waals surface area (Å²) in [6.45, 7) is 6.47. The molecule has 1 aliphatic heterocycles. The van der Waals surface area contributed by atoms with Gasteiger partial charge in [0, 0.05) is 19.1 Å². The molecule has 2 N–H and O–H groups in total. The molecular formula is C15H22FN3O. The van der Waals surface area contributed by atoms with Gasteiger partial charge in [0.1, 0.15) is 5.82 Å². The van der Waals surface area contributed by atoms with Gasteiger partial charge in [-0.25, -0.2) is 4.39 Å². The molecule has 0 aliphatic carbocycles. The molecule has 4 nitrogen and oxygen atoms in total. The number of hydrogen-bond acceptors (Lipinski definition) is 3. The lowest BCUT2D eigenvalue weighted by molar-refractivity contribution is -0.120. The van der Waals surface area contributed by atoms with E-state index in [9.17, 15) is 9.18 Å². The van der Waals surface area contributed by atoms with Crippen molar-refractivity contribution in [3.63, 3.8) is 0 Å². The van der Waals surface area contributed by atoms with Gasteiger partial charge in [0.15, 0.2) is 0 Å². The third kappa shape index (κ3) is 3.48. The zero-order chi connectivity index (χ0) is 14.5. The zero-order valence-corrected chi connectivity index (χ0v) is 12.1. The van der Waals surface area contributed by atoms with Gasteiger partial charge in [-0.1, -0.05) is 13.0 Å². The second-order valence-electron chi connectivity index (χ2n) is 5.16. The Balaban J connectivity index is 2.11. The maximum Gasteiger partial charge on any atom is 0.239 e. The lowest BCUT2D eigenvalue weighted by Crippen LogP contribution is -2.48. The highest BCUT2D eigenvalue weighted by Crippen LogP contribution is 2.24. The van der Waals surface area contributed by atoms with Crippen LogP contribution in [-0.2, 0) is 4.79 Å². The molecule has 20 heavy (non-hydrogen) atoms. The molecule has 1 aromatic rings. The highest BCUT2D eigenvalue weighted by molar-refractivity contribution is 5.82. The molecule has 1 saturated heterocycles. The van der Waals surface area contributed by atoms with Crippen molar-refractivity contribution in [1.82, 2.24) is 10.6 Å². The van der Waals surface area contributed by atoms with Gasteiger partial charge in [-0.2, -0.15) is 0 Å². The first-order valence-corrected chi connectivity index (χ1v) is 7.16. The fourth-order valence-corrected chi connectivity index (χ4v) is 2.37. The predicted octanol–water partition coefficient (Wildman–Crippen LogP) is 1.82. The van der Waals surface area contributed by atoms with Crippen LogP contribution in [0.25, 0.3) is 0 Å². The minimum absolute atomic E-state index is 0.0577. The van der Waals surface area contributed by atoms with Gasteiger partial charge in [-0.3, -0.25) is 4.79 Å². The van der Waals surface area contributed by atoms with Crippen LogP contribution >= 0.6 is 0 Å². The molecule has 1 aromatic carbocycles. The molecule has 2 rings (SSSR count). The van der Waals surface area contributed by atoms with Gasteiger partial charge in [-0.15, -0.1) is 0 Å². The van der Waals surface area contributed by atoms with Gasteiger partial charge >= 0.3 is 0 Å². The third-order valence-electron chi connectivity index (χ3n) is 3.55. The van der Waals surface area contributed by atoms with Crippen molar-refractivity contribution in [3.05, 3.63) is 29.6 Å². The monoisotopic (exact) mass is 279 g/mol. The normalized spacial score (nSPS) is 16.9. The summed E-state index contributed by atoms with van der Waals surface area (Å²) in [4.78, 5) is 13.1. The van der Waals surface area contributed by atoms with Gasteiger partial charge in [0.2, 0.25) is 5.91 Å². The maximum atomic E-state index is 14.2. The quantitative estimate of drug-likeness (QED) is 0.864. The summed E-state index contributed by atoms with van der Waals surface area (Å²) in [6, 6.07) is 5.39. The number of amides is 1.